The molecule has 2 heterocycles. The fraction of sp³-hybridized carbons (Fsp3) is 0.333. The third-order valence-electron chi connectivity index (χ3n) is 3.91. The Hall–Kier alpha value is -2.28. The monoisotopic (exact) mass is 313 g/mol. The van der Waals surface area contributed by atoms with E-state index < -0.39 is 0 Å². The molecule has 1 fully saturated rings. The van der Waals surface area contributed by atoms with Gasteiger partial charge in [-0.1, -0.05) is 0 Å². The molecule has 0 saturated heterocycles. The first-order valence-electron chi connectivity index (χ1n) is 7.24. The lowest BCUT2D eigenvalue weighted by atomic mass is 10.2. The van der Waals surface area contributed by atoms with Crippen molar-refractivity contribution in [2.24, 2.45) is 7.05 Å². The van der Waals surface area contributed by atoms with Crippen molar-refractivity contribution in [1.82, 2.24) is 23.8 Å². The maximum Gasteiger partial charge on any atom is 0.251 e. The van der Waals surface area contributed by atoms with E-state index in [1.54, 1.807) is 12.1 Å². The molecule has 0 unspecified atom stereocenters. The fourth-order valence-corrected chi connectivity index (χ4v) is 3.10. The molecule has 112 valence electrons. The zero-order valence-corrected chi connectivity index (χ0v) is 12.9. The summed E-state index contributed by atoms with van der Waals surface area (Å²) in [6.45, 7) is 0.437. The highest BCUT2D eigenvalue weighted by Crippen LogP contribution is 2.39. The van der Waals surface area contributed by atoms with Crippen molar-refractivity contribution in [1.29, 1.82) is 0 Å². The first kappa shape index (κ1) is 13.4. The van der Waals surface area contributed by atoms with E-state index in [2.05, 4.69) is 25.2 Å². The first-order valence-corrected chi connectivity index (χ1v) is 7.97. The number of hydrogen-bond acceptors (Lipinski definition) is 5. The second-order valence-electron chi connectivity index (χ2n) is 5.61. The Morgan fingerprint density at radius 3 is 2.95 bits per heavy atom. The molecule has 0 spiro atoms. The standard InChI is InChI=1S/C15H15N5OS/c1-20-14(9-2-3-9)7-11(17-20)8-16-15(21)10-4-5-12-13(6-10)19-22-18-12/h4-7,9H,2-3,8H2,1H3,(H,16,21). The van der Waals surface area contributed by atoms with Gasteiger partial charge in [0.2, 0.25) is 0 Å². The predicted molar refractivity (Wildman–Crippen MR) is 83.8 cm³/mol. The van der Waals surface area contributed by atoms with Gasteiger partial charge in [-0.05, 0) is 37.1 Å². The summed E-state index contributed by atoms with van der Waals surface area (Å²) in [5, 5.41) is 7.37. The Morgan fingerprint density at radius 2 is 2.14 bits per heavy atom. The summed E-state index contributed by atoms with van der Waals surface area (Å²) in [6, 6.07) is 7.44. The number of aryl methyl sites for hydroxylation is 1. The molecule has 0 bridgehead atoms. The molecule has 4 rings (SSSR count). The second kappa shape index (κ2) is 5.17. The molecule has 22 heavy (non-hydrogen) atoms. The topological polar surface area (TPSA) is 72.7 Å². The van der Waals surface area contributed by atoms with Gasteiger partial charge in [0, 0.05) is 24.2 Å². The van der Waals surface area contributed by atoms with Crippen molar-refractivity contribution in [2.75, 3.05) is 0 Å². The maximum atomic E-state index is 12.2. The normalized spacial score (nSPS) is 14.4. The zero-order valence-electron chi connectivity index (χ0n) is 12.1. The van der Waals surface area contributed by atoms with Crippen LogP contribution in [0.4, 0.5) is 0 Å². The summed E-state index contributed by atoms with van der Waals surface area (Å²) < 4.78 is 10.2. The molecule has 1 amide bonds. The number of nitrogens with zero attached hydrogens (tertiary/aromatic N) is 4. The molecule has 1 N–H and O–H groups in total. The summed E-state index contributed by atoms with van der Waals surface area (Å²) >= 11 is 1.15. The fourth-order valence-electron chi connectivity index (χ4n) is 2.59. The molecular weight excluding hydrogens is 298 g/mol. The molecule has 1 aromatic carbocycles. The highest BCUT2D eigenvalue weighted by atomic mass is 32.1. The van der Waals surface area contributed by atoms with Crippen molar-refractivity contribution in [3.8, 4) is 0 Å². The van der Waals surface area contributed by atoms with Crippen LogP contribution in [0.1, 0.15) is 40.5 Å². The molecule has 0 radical (unpaired) electrons. The average molecular weight is 313 g/mol. The summed E-state index contributed by atoms with van der Waals surface area (Å²) in [5.74, 6) is 0.537. The van der Waals surface area contributed by atoms with Crippen molar-refractivity contribution in [2.45, 2.75) is 25.3 Å². The predicted octanol–water partition coefficient (Wildman–Crippen LogP) is 2.23. The van der Waals surface area contributed by atoms with E-state index in [0.717, 1.165) is 28.5 Å². The van der Waals surface area contributed by atoms with Crippen LogP contribution in [0.5, 0.6) is 0 Å². The van der Waals surface area contributed by atoms with E-state index in [1.807, 2.05) is 17.8 Å². The van der Waals surface area contributed by atoms with E-state index in [9.17, 15) is 4.79 Å². The SMILES string of the molecule is Cn1nc(CNC(=O)c2ccc3nsnc3c2)cc1C1CC1. The van der Waals surface area contributed by atoms with Crippen molar-refractivity contribution in [3.63, 3.8) is 0 Å². The number of hydrogen-bond donors (Lipinski definition) is 1. The van der Waals surface area contributed by atoms with Crippen LogP contribution in [0, 0.1) is 0 Å². The molecule has 7 heteroatoms. The van der Waals surface area contributed by atoms with Crippen molar-refractivity contribution >= 4 is 28.7 Å². The quantitative estimate of drug-likeness (QED) is 0.801. The number of carbonyl (C=O) groups is 1. The molecule has 1 aliphatic carbocycles. The molecule has 3 aromatic rings. The van der Waals surface area contributed by atoms with Gasteiger partial charge in [-0.2, -0.15) is 13.8 Å². The third-order valence-corrected chi connectivity index (χ3v) is 4.46. The molecule has 1 aliphatic rings. The Kier molecular flexibility index (Phi) is 3.15. The summed E-state index contributed by atoms with van der Waals surface area (Å²) in [6.07, 6.45) is 2.49. The summed E-state index contributed by atoms with van der Waals surface area (Å²) in [7, 11) is 1.96. The zero-order chi connectivity index (χ0) is 15.1. The third kappa shape index (κ3) is 2.48. The molecule has 6 nitrogen and oxygen atoms in total. The number of rotatable bonds is 4. The Labute approximate surface area is 131 Å². The van der Waals surface area contributed by atoms with Gasteiger partial charge in [-0.15, -0.1) is 0 Å². The van der Waals surface area contributed by atoms with Crippen molar-refractivity contribution in [3.05, 3.63) is 41.2 Å². The second-order valence-corrected chi connectivity index (χ2v) is 6.14. The number of benzene rings is 1. The minimum atomic E-state index is -0.117. The summed E-state index contributed by atoms with van der Waals surface area (Å²) in [5.41, 5.74) is 4.33. The number of fused-ring (bicyclic) bond motifs is 1. The van der Waals surface area contributed by atoms with E-state index in [1.165, 1.54) is 18.5 Å². The van der Waals surface area contributed by atoms with Crippen LogP contribution in [0.2, 0.25) is 0 Å². The van der Waals surface area contributed by atoms with Gasteiger partial charge in [0.1, 0.15) is 11.0 Å². The van der Waals surface area contributed by atoms with Crippen LogP contribution in [0.25, 0.3) is 11.0 Å². The van der Waals surface area contributed by atoms with E-state index in [-0.39, 0.29) is 5.91 Å². The minimum Gasteiger partial charge on any atom is -0.346 e. The van der Waals surface area contributed by atoms with Gasteiger partial charge in [-0.25, -0.2) is 0 Å². The molecule has 1 saturated carbocycles. The van der Waals surface area contributed by atoms with Crippen molar-refractivity contribution < 1.29 is 4.79 Å². The largest absolute Gasteiger partial charge is 0.346 e. The van der Waals surface area contributed by atoms with Gasteiger partial charge in [0.25, 0.3) is 5.91 Å². The van der Waals surface area contributed by atoms with E-state index >= 15 is 0 Å². The smallest absolute Gasteiger partial charge is 0.251 e. The number of aromatic nitrogens is 4. The van der Waals surface area contributed by atoms with Gasteiger partial charge in [0.15, 0.2) is 0 Å². The number of nitrogens with one attached hydrogen (secondary N) is 1. The van der Waals surface area contributed by atoms with Gasteiger partial charge in [-0.3, -0.25) is 9.48 Å². The Morgan fingerprint density at radius 1 is 1.32 bits per heavy atom. The van der Waals surface area contributed by atoms with Crippen LogP contribution in [-0.2, 0) is 13.6 Å². The molecule has 0 atom stereocenters. The highest BCUT2D eigenvalue weighted by Gasteiger charge is 2.27. The molecule has 2 aromatic heterocycles. The van der Waals surface area contributed by atoms with E-state index in [4.69, 9.17) is 0 Å². The van der Waals surface area contributed by atoms with Crippen LogP contribution in [0.3, 0.4) is 0 Å². The number of amides is 1. The number of carbonyl (C=O) groups excluding carboxylic acids is 1. The Bertz CT molecular complexity index is 849. The van der Waals surface area contributed by atoms with Gasteiger partial charge >= 0.3 is 0 Å². The summed E-state index contributed by atoms with van der Waals surface area (Å²) in [4.78, 5) is 12.2. The van der Waals surface area contributed by atoms with Crippen LogP contribution >= 0.6 is 11.7 Å². The van der Waals surface area contributed by atoms with E-state index in [0.29, 0.717) is 18.0 Å². The molecular formula is C15H15N5OS. The van der Waals surface area contributed by atoms with Gasteiger partial charge in [0.05, 0.1) is 24.0 Å². The Balaban J connectivity index is 1.46. The highest BCUT2D eigenvalue weighted by molar-refractivity contribution is 7.00. The lowest BCUT2D eigenvalue weighted by Gasteiger charge is -2.03. The minimum absolute atomic E-state index is 0.117. The van der Waals surface area contributed by atoms with Gasteiger partial charge < -0.3 is 5.32 Å². The maximum absolute atomic E-state index is 12.2. The lowest BCUT2D eigenvalue weighted by Crippen LogP contribution is -2.23. The van der Waals surface area contributed by atoms with Crippen LogP contribution in [-0.4, -0.2) is 24.4 Å². The molecule has 0 aliphatic heterocycles. The average Bonchev–Trinajstić information content (AvgIpc) is 3.13. The van der Waals surface area contributed by atoms with Crippen LogP contribution in [0.15, 0.2) is 24.3 Å². The van der Waals surface area contributed by atoms with Crippen LogP contribution < -0.4 is 5.32 Å². The lowest BCUT2D eigenvalue weighted by molar-refractivity contribution is 0.0950. The first-order chi connectivity index (χ1) is 10.7.